The molecule has 57 heavy (non-hydrogen) atoms. The zero-order chi connectivity index (χ0) is 41.2. The molecule has 2 amide bonds. The van der Waals surface area contributed by atoms with Crippen molar-refractivity contribution < 1.29 is 38.1 Å². The molecule has 0 aromatic heterocycles. The molecule has 14 nitrogen and oxygen atoms in total. The number of hydrogen-bond acceptors (Lipinski definition) is 12. The number of rotatable bonds is 22. The number of esters is 2. The number of halogens is 2. The van der Waals surface area contributed by atoms with Gasteiger partial charge in [0.2, 0.25) is 11.8 Å². The molecule has 0 aliphatic carbocycles. The molecule has 0 bridgehead atoms. The number of methoxy groups -OCH3 is 2. The molecule has 2 aromatic rings. The van der Waals surface area contributed by atoms with E-state index in [2.05, 4.69) is 20.4 Å². The number of likely N-dealkylation sites (tertiary alicyclic amines) is 2. The highest BCUT2D eigenvalue weighted by Gasteiger charge is 2.23. The van der Waals surface area contributed by atoms with Crippen LogP contribution in [0.2, 0.25) is 10.0 Å². The topological polar surface area (TPSA) is 188 Å². The fourth-order valence-corrected chi connectivity index (χ4v) is 7.57. The Morgan fingerprint density at radius 2 is 1.04 bits per heavy atom. The molecule has 0 unspecified atom stereocenters. The number of carbonyl (C=O) groups excluding carboxylic acids is 4. The van der Waals surface area contributed by atoms with E-state index in [1.165, 1.54) is 38.5 Å². The lowest BCUT2D eigenvalue weighted by molar-refractivity contribution is -0.121. The number of nitrogens with one attached hydrogen (secondary N) is 2. The van der Waals surface area contributed by atoms with Gasteiger partial charge in [-0.05, 0) is 102 Å². The SMILES string of the molecule is COc1cc(N)c(Cl)cc1C(=O)OCCN1CCC(CCNC(=O)CCCCCC(=O)NCCC2CCN(CCOC(=O)c3cc(Cl)c(N)cc3OC)CC2)CC1. The number of piperidine rings is 2. The third-order valence-electron chi connectivity index (χ3n) is 10.8. The highest BCUT2D eigenvalue weighted by Crippen LogP contribution is 2.31. The first-order valence-corrected chi connectivity index (χ1v) is 20.8. The van der Waals surface area contributed by atoms with Crippen LogP contribution in [-0.4, -0.2) is 113 Å². The second kappa shape index (κ2) is 24.1. The number of anilines is 2. The lowest BCUT2D eigenvalue weighted by Crippen LogP contribution is -2.37. The first-order chi connectivity index (χ1) is 27.5. The van der Waals surface area contributed by atoms with Gasteiger partial charge in [-0.15, -0.1) is 0 Å². The van der Waals surface area contributed by atoms with Crippen molar-refractivity contribution in [3.63, 3.8) is 0 Å². The molecule has 2 heterocycles. The maximum atomic E-state index is 12.6. The van der Waals surface area contributed by atoms with Crippen LogP contribution in [0, 0.1) is 11.8 Å². The summed E-state index contributed by atoms with van der Waals surface area (Å²) in [5.74, 6) is 0.889. The van der Waals surface area contributed by atoms with Crippen LogP contribution >= 0.6 is 23.2 Å². The predicted molar refractivity (Wildman–Crippen MR) is 222 cm³/mol. The van der Waals surface area contributed by atoms with E-state index in [1.807, 2.05) is 0 Å². The number of nitrogens with two attached hydrogens (primary N) is 2. The van der Waals surface area contributed by atoms with Gasteiger partial charge in [-0.3, -0.25) is 19.4 Å². The summed E-state index contributed by atoms with van der Waals surface area (Å²) in [4.78, 5) is 54.4. The highest BCUT2D eigenvalue weighted by atomic mass is 35.5. The van der Waals surface area contributed by atoms with Gasteiger partial charge in [0.15, 0.2) is 0 Å². The number of nitrogen functional groups attached to an aromatic ring is 2. The average Bonchev–Trinajstić information content (AvgIpc) is 3.20. The molecule has 2 fully saturated rings. The summed E-state index contributed by atoms with van der Waals surface area (Å²) in [6.45, 7) is 6.84. The molecule has 0 saturated carbocycles. The van der Waals surface area contributed by atoms with E-state index in [4.69, 9.17) is 53.6 Å². The van der Waals surface area contributed by atoms with Crippen molar-refractivity contribution in [2.24, 2.45) is 11.8 Å². The largest absolute Gasteiger partial charge is 0.496 e. The van der Waals surface area contributed by atoms with E-state index in [-0.39, 0.29) is 46.2 Å². The molecule has 2 saturated heterocycles. The second-order valence-electron chi connectivity index (χ2n) is 14.8. The Morgan fingerprint density at radius 3 is 1.40 bits per heavy atom. The van der Waals surface area contributed by atoms with Crippen LogP contribution in [0.4, 0.5) is 11.4 Å². The minimum atomic E-state index is -0.497. The molecule has 2 aliphatic rings. The highest BCUT2D eigenvalue weighted by molar-refractivity contribution is 6.34. The van der Waals surface area contributed by atoms with Gasteiger partial charge in [0.25, 0.3) is 0 Å². The van der Waals surface area contributed by atoms with Gasteiger partial charge in [-0.1, -0.05) is 29.6 Å². The quantitative estimate of drug-likeness (QED) is 0.0657. The fourth-order valence-electron chi connectivity index (χ4n) is 7.24. The van der Waals surface area contributed by atoms with Crippen molar-refractivity contribution in [1.82, 2.24) is 20.4 Å². The normalized spacial score (nSPS) is 15.5. The number of nitrogens with zero attached hydrogens (tertiary/aromatic N) is 2. The summed E-state index contributed by atoms with van der Waals surface area (Å²) >= 11 is 12.1. The van der Waals surface area contributed by atoms with Gasteiger partial charge in [0.05, 0.1) is 35.6 Å². The van der Waals surface area contributed by atoms with E-state index < -0.39 is 11.9 Å². The number of benzene rings is 2. The van der Waals surface area contributed by atoms with Crippen LogP contribution in [0.1, 0.15) is 91.3 Å². The monoisotopic (exact) mass is 834 g/mol. The van der Waals surface area contributed by atoms with Crippen LogP contribution in [-0.2, 0) is 19.1 Å². The van der Waals surface area contributed by atoms with E-state index in [0.717, 1.165) is 84.0 Å². The van der Waals surface area contributed by atoms with E-state index in [1.54, 1.807) is 0 Å². The minimum Gasteiger partial charge on any atom is -0.496 e. The van der Waals surface area contributed by atoms with Crippen molar-refractivity contribution in [3.8, 4) is 11.5 Å². The summed E-state index contributed by atoms with van der Waals surface area (Å²) in [5, 5.41) is 6.67. The second-order valence-corrected chi connectivity index (χ2v) is 15.6. The van der Waals surface area contributed by atoms with Crippen LogP contribution in [0.3, 0.4) is 0 Å². The first-order valence-electron chi connectivity index (χ1n) is 20.1. The molecule has 0 spiro atoms. The number of ether oxygens (including phenoxy) is 4. The van der Waals surface area contributed by atoms with Crippen molar-refractivity contribution in [2.45, 2.75) is 70.6 Å². The van der Waals surface area contributed by atoms with Crippen LogP contribution in [0.15, 0.2) is 24.3 Å². The zero-order valence-corrected chi connectivity index (χ0v) is 34.9. The first kappa shape index (κ1) is 45.7. The summed E-state index contributed by atoms with van der Waals surface area (Å²) in [7, 11) is 2.93. The molecule has 0 radical (unpaired) electrons. The Kier molecular flexibility index (Phi) is 19.3. The van der Waals surface area contributed by atoms with E-state index in [0.29, 0.717) is 73.7 Å². The fraction of sp³-hybridized carbons (Fsp3) is 0.610. The Hall–Kier alpha value is -3.98. The summed E-state index contributed by atoms with van der Waals surface area (Å²) < 4.78 is 21.4. The number of unbranched alkanes of at least 4 members (excludes halogenated alkanes) is 2. The van der Waals surface area contributed by atoms with Crippen molar-refractivity contribution in [1.29, 1.82) is 0 Å². The molecule has 2 aliphatic heterocycles. The van der Waals surface area contributed by atoms with Gasteiger partial charge in [-0.2, -0.15) is 0 Å². The maximum Gasteiger partial charge on any atom is 0.342 e. The third kappa shape index (κ3) is 15.4. The van der Waals surface area contributed by atoms with E-state index >= 15 is 0 Å². The summed E-state index contributed by atoms with van der Waals surface area (Å²) in [6.07, 6.45) is 9.35. The van der Waals surface area contributed by atoms with Gasteiger partial charge >= 0.3 is 11.9 Å². The Morgan fingerprint density at radius 1 is 0.649 bits per heavy atom. The summed E-state index contributed by atoms with van der Waals surface area (Å²) in [6, 6.07) is 5.96. The number of amides is 2. The molecule has 2 aromatic carbocycles. The lowest BCUT2D eigenvalue weighted by atomic mass is 9.93. The molecule has 6 N–H and O–H groups in total. The Labute approximate surface area is 346 Å². The van der Waals surface area contributed by atoms with E-state index in [9.17, 15) is 19.2 Å². The van der Waals surface area contributed by atoms with Crippen LogP contribution in [0.5, 0.6) is 11.5 Å². The molecular weight excluding hydrogens is 775 g/mol. The average molecular weight is 836 g/mol. The molecule has 4 rings (SSSR count). The molecular formula is C41H60Cl2N6O8. The lowest BCUT2D eigenvalue weighted by Gasteiger charge is -2.31. The standard InChI is InChI=1S/C41H60Cl2N6O8/c1-54-36-26-34(44)32(42)24-30(36)40(52)56-22-20-48-16-10-28(11-17-48)8-14-46-38(50)6-4-3-5-7-39(51)47-15-9-29-12-18-49(19-13-29)21-23-57-41(53)31-25-33(43)35(45)27-37(31)55-2/h24-29H,3-23,44-45H2,1-2H3,(H,46,50)(H,47,51). The smallest absolute Gasteiger partial charge is 0.342 e. The third-order valence-corrected chi connectivity index (χ3v) is 11.5. The minimum absolute atomic E-state index is 0.0639. The van der Waals surface area contributed by atoms with Crippen LogP contribution < -0.4 is 31.6 Å². The van der Waals surface area contributed by atoms with Gasteiger partial charge in [0, 0.05) is 51.2 Å². The maximum absolute atomic E-state index is 12.6. The van der Waals surface area contributed by atoms with Crippen molar-refractivity contribution in [3.05, 3.63) is 45.4 Å². The molecule has 316 valence electrons. The number of hydrogen-bond donors (Lipinski definition) is 4. The van der Waals surface area contributed by atoms with Gasteiger partial charge in [0.1, 0.15) is 35.8 Å². The number of carbonyl (C=O) groups is 4. The molecule has 16 heteroatoms. The Bertz CT molecular complexity index is 1520. The summed E-state index contributed by atoms with van der Waals surface area (Å²) in [5.41, 5.74) is 12.8. The van der Waals surface area contributed by atoms with Crippen molar-refractivity contribution >= 4 is 58.3 Å². The zero-order valence-electron chi connectivity index (χ0n) is 33.4. The van der Waals surface area contributed by atoms with Crippen molar-refractivity contribution in [2.75, 3.05) is 91.3 Å². The van der Waals surface area contributed by atoms with Gasteiger partial charge < -0.3 is 41.0 Å². The van der Waals surface area contributed by atoms with Crippen LogP contribution in [0.25, 0.3) is 0 Å². The molecule has 0 atom stereocenters. The Balaban J connectivity index is 0.940. The van der Waals surface area contributed by atoms with Gasteiger partial charge in [-0.25, -0.2) is 9.59 Å². The predicted octanol–water partition coefficient (Wildman–Crippen LogP) is 5.58.